The smallest absolute Gasteiger partial charge is 0.321 e. The topological polar surface area (TPSA) is 83.1 Å². The SMILES string of the molecule is Cc1cccc(Cl)c1NC(=O)c1ccc2nc(NC(=O)NC3CCC(C)CC3)sc2c1. The van der Waals surface area contributed by atoms with Gasteiger partial charge in [-0.05, 0) is 68.4 Å². The largest absolute Gasteiger partial charge is 0.335 e. The fourth-order valence-electron chi connectivity index (χ4n) is 3.82. The number of para-hydroxylation sites is 1. The molecule has 0 atom stereocenters. The molecule has 0 radical (unpaired) electrons. The number of amides is 3. The van der Waals surface area contributed by atoms with Crippen molar-refractivity contribution in [3.05, 3.63) is 52.5 Å². The van der Waals surface area contributed by atoms with Gasteiger partial charge in [-0.15, -0.1) is 0 Å². The second kappa shape index (κ2) is 9.24. The van der Waals surface area contributed by atoms with E-state index >= 15 is 0 Å². The molecule has 1 heterocycles. The standard InChI is InChI=1S/C23H25ClN4O2S/c1-13-6-9-16(10-7-13)25-22(30)28-23-26-18-11-8-15(12-19(18)31-23)21(29)27-20-14(2)4-3-5-17(20)24/h3-5,8,11-13,16H,6-7,9-10H2,1-2H3,(H,27,29)(H2,25,26,28,30). The van der Waals surface area contributed by atoms with Crippen molar-refractivity contribution in [3.63, 3.8) is 0 Å². The summed E-state index contributed by atoms with van der Waals surface area (Å²) in [7, 11) is 0. The van der Waals surface area contributed by atoms with E-state index in [1.165, 1.54) is 11.3 Å². The third-order valence-corrected chi connectivity index (χ3v) is 6.93. The number of aromatic nitrogens is 1. The Bertz CT molecular complexity index is 1100. The van der Waals surface area contributed by atoms with E-state index in [9.17, 15) is 9.59 Å². The lowest BCUT2D eigenvalue weighted by atomic mass is 9.87. The Morgan fingerprint density at radius 3 is 2.61 bits per heavy atom. The van der Waals surface area contributed by atoms with Gasteiger partial charge >= 0.3 is 6.03 Å². The van der Waals surface area contributed by atoms with Crippen molar-refractivity contribution >= 4 is 55.9 Å². The number of urea groups is 1. The lowest BCUT2D eigenvalue weighted by Gasteiger charge is -2.26. The summed E-state index contributed by atoms with van der Waals surface area (Å²) in [6, 6.07) is 10.7. The van der Waals surface area contributed by atoms with Gasteiger partial charge in [0, 0.05) is 11.6 Å². The summed E-state index contributed by atoms with van der Waals surface area (Å²) >= 11 is 7.56. The van der Waals surface area contributed by atoms with E-state index in [0.29, 0.717) is 21.4 Å². The molecular formula is C23H25ClN4O2S. The highest BCUT2D eigenvalue weighted by molar-refractivity contribution is 7.22. The molecule has 3 aromatic rings. The highest BCUT2D eigenvalue weighted by Crippen LogP contribution is 2.29. The Balaban J connectivity index is 1.43. The van der Waals surface area contributed by atoms with Crippen LogP contribution in [0, 0.1) is 12.8 Å². The predicted octanol–water partition coefficient (Wildman–Crippen LogP) is 6.21. The number of carbonyl (C=O) groups excluding carboxylic acids is 2. The summed E-state index contributed by atoms with van der Waals surface area (Å²) in [5.41, 5.74) is 2.74. The minimum atomic E-state index is -0.245. The molecule has 6 nitrogen and oxygen atoms in total. The second-order valence-electron chi connectivity index (χ2n) is 8.14. The van der Waals surface area contributed by atoms with Gasteiger partial charge in [-0.2, -0.15) is 0 Å². The molecule has 162 valence electrons. The Morgan fingerprint density at radius 2 is 1.87 bits per heavy atom. The van der Waals surface area contributed by atoms with E-state index in [1.54, 1.807) is 24.3 Å². The molecule has 3 N–H and O–H groups in total. The average Bonchev–Trinajstić information content (AvgIpc) is 3.13. The Morgan fingerprint density at radius 1 is 1.10 bits per heavy atom. The molecule has 1 aromatic heterocycles. The Kier molecular flexibility index (Phi) is 6.43. The molecule has 1 aliphatic rings. The van der Waals surface area contributed by atoms with Crippen LogP contribution in [0.2, 0.25) is 5.02 Å². The van der Waals surface area contributed by atoms with Crippen LogP contribution in [0.25, 0.3) is 10.2 Å². The van der Waals surface area contributed by atoms with Gasteiger partial charge < -0.3 is 10.6 Å². The van der Waals surface area contributed by atoms with Crippen molar-refractivity contribution in [2.45, 2.75) is 45.6 Å². The van der Waals surface area contributed by atoms with Crippen LogP contribution < -0.4 is 16.0 Å². The normalized spacial score (nSPS) is 18.5. The number of carbonyl (C=O) groups is 2. The Hall–Kier alpha value is -2.64. The molecule has 0 spiro atoms. The number of rotatable bonds is 4. The molecule has 1 saturated carbocycles. The molecule has 3 amide bonds. The number of nitrogens with zero attached hydrogens (tertiary/aromatic N) is 1. The van der Waals surface area contributed by atoms with Crippen LogP contribution in [0.15, 0.2) is 36.4 Å². The third kappa shape index (κ3) is 5.17. The van der Waals surface area contributed by atoms with Gasteiger partial charge in [-0.3, -0.25) is 10.1 Å². The molecule has 0 aliphatic heterocycles. The van der Waals surface area contributed by atoms with Gasteiger partial charge in [-0.25, -0.2) is 9.78 Å². The molecule has 31 heavy (non-hydrogen) atoms. The van der Waals surface area contributed by atoms with E-state index in [4.69, 9.17) is 11.6 Å². The van der Waals surface area contributed by atoms with Gasteiger partial charge in [0.2, 0.25) is 0 Å². The minimum Gasteiger partial charge on any atom is -0.335 e. The number of hydrogen-bond donors (Lipinski definition) is 3. The first kappa shape index (κ1) is 21.6. The van der Waals surface area contributed by atoms with Crippen LogP contribution in [0.5, 0.6) is 0 Å². The monoisotopic (exact) mass is 456 g/mol. The van der Waals surface area contributed by atoms with E-state index in [0.717, 1.165) is 47.4 Å². The summed E-state index contributed by atoms with van der Waals surface area (Å²) in [4.78, 5) is 29.5. The zero-order chi connectivity index (χ0) is 22.0. The first-order valence-corrected chi connectivity index (χ1v) is 11.6. The van der Waals surface area contributed by atoms with Gasteiger partial charge in [-0.1, -0.05) is 42.0 Å². The van der Waals surface area contributed by atoms with Crippen LogP contribution in [-0.2, 0) is 0 Å². The summed E-state index contributed by atoms with van der Waals surface area (Å²) in [5.74, 6) is 0.490. The summed E-state index contributed by atoms with van der Waals surface area (Å²) in [6.07, 6.45) is 4.31. The molecule has 8 heteroatoms. The lowest BCUT2D eigenvalue weighted by molar-refractivity contribution is 0.102. The number of aryl methyl sites for hydroxylation is 1. The molecule has 1 fully saturated rings. The van der Waals surface area contributed by atoms with Gasteiger partial charge in [0.05, 0.1) is 20.9 Å². The fourth-order valence-corrected chi connectivity index (χ4v) is 4.99. The zero-order valence-corrected chi connectivity index (χ0v) is 19.1. The van der Waals surface area contributed by atoms with Gasteiger partial charge in [0.1, 0.15) is 0 Å². The fraction of sp³-hybridized carbons (Fsp3) is 0.348. The van der Waals surface area contributed by atoms with E-state index < -0.39 is 0 Å². The first-order chi connectivity index (χ1) is 14.9. The number of anilines is 2. The molecule has 4 rings (SSSR count). The summed E-state index contributed by atoms with van der Waals surface area (Å²) in [5, 5.41) is 9.76. The van der Waals surface area contributed by atoms with Crippen molar-refractivity contribution in [1.82, 2.24) is 10.3 Å². The lowest BCUT2D eigenvalue weighted by Crippen LogP contribution is -2.39. The highest BCUT2D eigenvalue weighted by atomic mass is 35.5. The van der Waals surface area contributed by atoms with Crippen LogP contribution >= 0.6 is 22.9 Å². The van der Waals surface area contributed by atoms with Crippen LogP contribution in [0.1, 0.15) is 48.5 Å². The maximum atomic E-state index is 12.7. The molecule has 0 bridgehead atoms. The number of nitrogens with one attached hydrogen (secondary N) is 3. The van der Waals surface area contributed by atoms with Crippen molar-refractivity contribution in [1.29, 1.82) is 0 Å². The van der Waals surface area contributed by atoms with Crippen molar-refractivity contribution in [2.24, 2.45) is 5.92 Å². The van der Waals surface area contributed by atoms with Crippen LogP contribution in [0.3, 0.4) is 0 Å². The second-order valence-corrected chi connectivity index (χ2v) is 9.58. The third-order valence-electron chi connectivity index (χ3n) is 5.68. The minimum absolute atomic E-state index is 0.217. The summed E-state index contributed by atoms with van der Waals surface area (Å²) in [6.45, 7) is 4.15. The number of thiazole rings is 1. The number of benzene rings is 2. The maximum Gasteiger partial charge on any atom is 0.321 e. The zero-order valence-electron chi connectivity index (χ0n) is 17.5. The molecule has 2 aromatic carbocycles. The van der Waals surface area contributed by atoms with Crippen LogP contribution in [-0.4, -0.2) is 23.0 Å². The molecule has 0 saturated heterocycles. The summed E-state index contributed by atoms with van der Waals surface area (Å²) < 4.78 is 0.824. The Labute approximate surface area is 190 Å². The number of halogens is 1. The maximum absolute atomic E-state index is 12.7. The molecule has 1 aliphatic carbocycles. The number of hydrogen-bond acceptors (Lipinski definition) is 4. The van der Waals surface area contributed by atoms with Crippen molar-refractivity contribution in [2.75, 3.05) is 10.6 Å². The van der Waals surface area contributed by atoms with E-state index in [-0.39, 0.29) is 18.0 Å². The van der Waals surface area contributed by atoms with Gasteiger partial charge in [0.15, 0.2) is 5.13 Å². The molecule has 0 unspecified atom stereocenters. The first-order valence-electron chi connectivity index (χ1n) is 10.4. The van der Waals surface area contributed by atoms with Crippen molar-refractivity contribution in [3.8, 4) is 0 Å². The van der Waals surface area contributed by atoms with E-state index in [2.05, 4.69) is 27.9 Å². The average molecular weight is 457 g/mol. The highest BCUT2D eigenvalue weighted by Gasteiger charge is 2.20. The quantitative estimate of drug-likeness (QED) is 0.436. The van der Waals surface area contributed by atoms with Gasteiger partial charge in [0.25, 0.3) is 5.91 Å². The molecular weight excluding hydrogens is 432 g/mol. The van der Waals surface area contributed by atoms with Crippen LogP contribution in [0.4, 0.5) is 15.6 Å². The van der Waals surface area contributed by atoms with E-state index in [1.807, 2.05) is 19.1 Å². The number of fused-ring (bicyclic) bond motifs is 1. The van der Waals surface area contributed by atoms with Crippen molar-refractivity contribution < 1.29 is 9.59 Å². The predicted molar refractivity (Wildman–Crippen MR) is 127 cm³/mol.